The van der Waals surface area contributed by atoms with Gasteiger partial charge in [-0.15, -0.1) is 0 Å². The quantitative estimate of drug-likeness (QED) is 0.303. The summed E-state index contributed by atoms with van der Waals surface area (Å²) in [6.07, 6.45) is 1.39. The summed E-state index contributed by atoms with van der Waals surface area (Å²) < 4.78 is 5.24. The molecule has 0 saturated carbocycles. The molecule has 0 fully saturated rings. The van der Waals surface area contributed by atoms with Crippen molar-refractivity contribution in [3.63, 3.8) is 0 Å². The van der Waals surface area contributed by atoms with E-state index in [-0.39, 0.29) is 17.4 Å². The number of benzene rings is 2. The minimum atomic E-state index is -0.516. The molecule has 136 valence electrons. The number of hydrazone groups is 1. The highest BCUT2D eigenvalue weighted by Gasteiger charge is 2.06. The summed E-state index contributed by atoms with van der Waals surface area (Å²) in [6.45, 7) is -0.293. The lowest BCUT2D eigenvalue weighted by molar-refractivity contribution is -0.384. The molecule has 8 nitrogen and oxygen atoms in total. The number of halogens is 1. The molecule has 1 aromatic heterocycles. The van der Waals surface area contributed by atoms with Crippen molar-refractivity contribution in [3.8, 4) is 5.75 Å². The Kier molecular flexibility index (Phi) is 5.58. The second kappa shape index (κ2) is 8.24. The summed E-state index contributed by atoms with van der Waals surface area (Å²) in [5.74, 6) is -0.157. The lowest BCUT2D eigenvalue weighted by atomic mass is 10.2. The number of rotatable bonds is 6. The lowest BCUT2D eigenvalue weighted by Gasteiger charge is -2.05. The van der Waals surface area contributed by atoms with E-state index in [1.807, 2.05) is 30.3 Å². The number of nitrogens with one attached hydrogen (secondary N) is 1. The number of nitrogens with zero attached hydrogens (tertiary/aromatic N) is 3. The van der Waals surface area contributed by atoms with Crippen LogP contribution in [0.15, 0.2) is 59.7 Å². The third-order valence-electron chi connectivity index (χ3n) is 3.51. The molecule has 0 unspecified atom stereocenters. The van der Waals surface area contributed by atoms with Gasteiger partial charge in [0.25, 0.3) is 11.6 Å². The molecule has 0 spiro atoms. The van der Waals surface area contributed by atoms with Gasteiger partial charge >= 0.3 is 0 Å². The Morgan fingerprint density at radius 3 is 2.74 bits per heavy atom. The highest BCUT2D eigenvalue weighted by atomic mass is 35.5. The maximum absolute atomic E-state index is 11.8. The van der Waals surface area contributed by atoms with Gasteiger partial charge in [0.1, 0.15) is 10.9 Å². The standard InChI is InChI=1S/C18H13ClN4O4/c19-18-13(9-12-3-1-2-4-16(12)21-18)10-20-22-17(24)11-27-15-7-5-14(6-8-15)23(25)26/h1-10H,11H2,(H,22,24)/b20-10+. The number of nitro benzene ring substituents is 1. The van der Waals surface area contributed by atoms with E-state index in [4.69, 9.17) is 16.3 Å². The first-order valence-corrected chi connectivity index (χ1v) is 8.15. The summed E-state index contributed by atoms with van der Waals surface area (Å²) in [7, 11) is 0. The molecule has 1 heterocycles. The molecule has 0 aliphatic rings. The molecule has 1 N–H and O–H groups in total. The van der Waals surface area contributed by atoms with Gasteiger partial charge in [-0.1, -0.05) is 29.8 Å². The van der Waals surface area contributed by atoms with Crippen LogP contribution >= 0.6 is 11.6 Å². The summed E-state index contributed by atoms with van der Waals surface area (Å²) in [5.41, 5.74) is 3.59. The van der Waals surface area contributed by atoms with Crippen LogP contribution in [0.1, 0.15) is 5.56 Å². The van der Waals surface area contributed by atoms with E-state index < -0.39 is 10.8 Å². The fourth-order valence-corrected chi connectivity index (χ4v) is 2.41. The first-order chi connectivity index (χ1) is 13.0. The molecule has 3 rings (SSSR count). The van der Waals surface area contributed by atoms with Crippen molar-refractivity contribution in [1.29, 1.82) is 0 Å². The Labute approximate surface area is 158 Å². The third-order valence-corrected chi connectivity index (χ3v) is 3.82. The largest absolute Gasteiger partial charge is 0.484 e. The Morgan fingerprint density at radius 2 is 2.00 bits per heavy atom. The number of carbonyl (C=O) groups is 1. The van der Waals surface area contributed by atoms with E-state index >= 15 is 0 Å². The molecule has 1 amide bonds. The topological polar surface area (TPSA) is 107 Å². The van der Waals surface area contributed by atoms with Gasteiger partial charge in [-0.25, -0.2) is 10.4 Å². The molecule has 3 aromatic rings. The van der Waals surface area contributed by atoms with Gasteiger partial charge < -0.3 is 4.74 Å². The number of amides is 1. The van der Waals surface area contributed by atoms with Crippen LogP contribution in [0.3, 0.4) is 0 Å². The second-order valence-corrected chi connectivity index (χ2v) is 5.75. The number of pyridine rings is 1. The van der Waals surface area contributed by atoms with Crippen LogP contribution in [0.25, 0.3) is 10.9 Å². The number of para-hydroxylation sites is 1. The van der Waals surface area contributed by atoms with Crippen LogP contribution in [-0.2, 0) is 4.79 Å². The van der Waals surface area contributed by atoms with Crippen LogP contribution in [0.5, 0.6) is 5.75 Å². The molecule has 0 radical (unpaired) electrons. The first-order valence-electron chi connectivity index (χ1n) is 7.77. The number of carbonyl (C=O) groups excluding carboxylic acids is 1. The number of hydrogen-bond acceptors (Lipinski definition) is 6. The number of aromatic nitrogens is 1. The summed E-state index contributed by atoms with van der Waals surface area (Å²) in [6, 6.07) is 14.7. The average molecular weight is 385 g/mol. The molecule has 27 heavy (non-hydrogen) atoms. The van der Waals surface area contributed by atoms with Crippen molar-refractivity contribution in [2.45, 2.75) is 0 Å². The van der Waals surface area contributed by atoms with Crippen LogP contribution < -0.4 is 10.2 Å². The minimum Gasteiger partial charge on any atom is -0.484 e. The van der Waals surface area contributed by atoms with E-state index in [2.05, 4.69) is 15.5 Å². The van der Waals surface area contributed by atoms with Crippen molar-refractivity contribution in [1.82, 2.24) is 10.4 Å². The normalized spacial score (nSPS) is 10.9. The van der Waals surface area contributed by atoms with Gasteiger partial charge in [0.15, 0.2) is 6.61 Å². The van der Waals surface area contributed by atoms with E-state index in [0.29, 0.717) is 11.3 Å². The van der Waals surface area contributed by atoms with Crippen LogP contribution in [-0.4, -0.2) is 28.6 Å². The van der Waals surface area contributed by atoms with E-state index in [9.17, 15) is 14.9 Å². The van der Waals surface area contributed by atoms with Gasteiger partial charge in [0, 0.05) is 23.1 Å². The number of hydrogen-bond donors (Lipinski definition) is 1. The van der Waals surface area contributed by atoms with Gasteiger partial charge in [-0.2, -0.15) is 5.10 Å². The average Bonchev–Trinajstić information content (AvgIpc) is 2.67. The fraction of sp³-hybridized carbons (Fsp3) is 0.0556. The van der Waals surface area contributed by atoms with Crippen LogP contribution in [0.2, 0.25) is 5.15 Å². The van der Waals surface area contributed by atoms with Crippen LogP contribution in [0.4, 0.5) is 5.69 Å². The molecule has 0 saturated heterocycles. The zero-order chi connectivity index (χ0) is 19.2. The maximum Gasteiger partial charge on any atom is 0.277 e. The van der Waals surface area contributed by atoms with Gasteiger partial charge in [-0.3, -0.25) is 14.9 Å². The van der Waals surface area contributed by atoms with Crippen LogP contribution in [0, 0.1) is 10.1 Å². The predicted molar refractivity (Wildman–Crippen MR) is 101 cm³/mol. The molecule has 0 atom stereocenters. The Bertz CT molecular complexity index is 1020. The Balaban J connectivity index is 1.55. The molecule has 0 aliphatic heterocycles. The second-order valence-electron chi connectivity index (χ2n) is 5.39. The molecule has 9 heteroatoms. The fourth-order valence-electron chi connectivity index (χ4n) is 2.22. The van der Waals surface area contributed by atoms with Crippen molar-refractivity contribution in [3.05, 3.63) is 75.4 Å². The number of nitro groups is 1. The zero-order valence-electron chi connectivity index (χ0n) is 13.8. The highest BCUT2D eigenvalue weighted by molar-refractivity contribution is 6.32. The molecular weight excluding hydrogens is 372 g/mol. The maximum atomic E-state index is 11.8. The summed E-state index contributed by atoms with van der Waals surface area (Å²) in [4.78, 5) is 26.1. The number of ether oxygens (including phenoxy) is 1. The summed E-state index contributed by atoms with van der Waals surface area (Å²) >= 11 is 6.11. The van der Waals surface area contributed by atoms with Gasteiger partial charge in [-0.05, 0) is 24.3 Å². The van der Waals surface area contributed by atoms with Crippen molar-refractivity contribution in [2.24, 2.45) is 5.10 Å². The number of non-ortho nitro benzene ring substituents is 1. The van der Waals surface area contributed by atoms with Gasteiger partial charge in [0.05, 0.1) is 16.7 Å². The summed E-state index contributed by atoms with van der Waals surface area (Å²) in [5, 5.41) is 15.6. The van der Waals surface area contributed by atoms with E-state index in [0.717, 1.165) is 10.9 Å². The number of fused-ring (bicyclic) bond motifs is 1. The molecule has 0 bridgehead atoms. The minimum absolute atomic E-state index is 0.0581. The molecule has 2 aromatic carbocycles. The SMILES string of the molecule is O=C(COc1ccc([N+](=O)[O-])cc1)N/N=C/c1cc2ccccc2nc1Cl. The zero-order valence-corrected chi connectivity index (χ0v) is 14.6. The monoisotopic (exact) mass is 384 g/mol. The van der Waals surface area contributed by atoms with E-state index in [1.54, 1.807) is 0 Å². The Morgan fingerprint density at radius 1 is 1.26 bits per heavy atom. The highest BCUT2D eigenvalue weighted by Crippen LogP contribution is 2.19. The smallest absolute Gasteiger partial charge is 0.277 e. The van der Waals surface area contributed by atoms with Crippen molar-refractivity contribution < 1.29 is 14.5 Å². The first kappa shape index (κ1) is 18.3. The van der Waals surface area contributed by atoms with Crippen molar-refractivity contribution in [2.75, 3.05) is 6.61 Å². The lowest BCUT2D eigenvalue weighted by Crippen LogP contribution is -2.24. The van der Waals surface area contributed by atoms with Crippen molar-refractivity contribution >= 4 is 40.3 Å². The Hall–Kier alpha value is -3.52. The van der Waals surface area contributed by atoms with E-state index in [1.165, 1.54) is 30.5 Å². The molecule has 0 aliphatic carbocycles. The third kappa shape index (κ3) is 4.77. The predicted octanol–water partition coefficient (Wildman–Crippen LogP) is 3.33. The molecular formula is C18H13ClN4O4. The van der Waals surface area contributed by atoms with Gasteiger partial charge in [0.2, 0.25) is 0 Å².